The molecule has 6 heteroatoms. The molecule has 0 saturated carbocycles. The third-order valence-electron chi connectivity index (χ3n) is 2.52. The number of aromatic nitrogens is 4. The minimum absolute atomic E-state index is 0.647. The van der Waals surface area contributed by atoms with Gasteiger partial charge in [0.25, 0.3) is 0 Å². The molecule has 1 N–H and O–H groups in total. The summed E-state index contributed by atoms with van der Waals surface area (Å²) in [6, 6.07) is 1.90. The molecule has 2 heterocycles. The fourth-order valence-corrected chi connectivity index (χ4v) is 1.57. The Morgan fingerprint density at radius 3 is 2.94 bits per heavy atom. The molecule has 0 unspecified atom stereocenters. The zero-order chi connectivity index (χ0) is 12.8. The van der Waals surface area contributed by atoms with Gasteiger partial charge >= 0.3 is 0 Å². The van der Waals surface area contributed by atoms with Crippen molar-refractivity contribution in [3.05, 3.63) is 30.4 Å². The normalized spacial score (nSPS) is 10.8. The second-order valence-corrected chi connectivity index (χ2v) is 3.90. The number of nitrogens with one attached hydrogen (secondary N) is 1. The molecule has 18 heavy (non-hydrogen) atoms. The van der Waals surface area contributed by atoms with Gasteiger partial charge in [-0.25, -0.2) is 15.0 Å². The average Bonchev–Trinajstić information content (AvgIpc) is 2.81. The van der Waals surface area contributed by atoms with E-state index < -0.39 is 0 Å². The molecule has 96 valence electrons. The van der Waals surface area contributed by atoms with Crippen LogP contribution >= 0.6 is 0 Å². The lowest BCUT2D eigenvalue weighted by Crippen LogP contribution is -2.19. The molecule has 0 aliphatic heterocycles. The number of hydrogen-bond acceptors (Lipinski definition) is 5. The van der Waals surface area contributed by atoms with Gasteiger partial charge in [-0.05, 0) is 6.07 Å². The van der Waals surface area contributed by atoms with Crippen LogP contribution in [0.25, 0.3) is 11.6 Å². The van der Waals surface area contributed by atoms with Crippen molar-refractivity contribution in [1.29, 1.82) is 0 Å². The molecule has 6 nitrogen and oxygen atoms in total. The van der Waals surface area contributed by atoms with Crippen LogP contribution < -0.4 is 5.32 Å². The Kier molecular flexibility index (Phi) is 4.38. The number of aryl methyl sites for hydroxylation is 1. The summed E-state index contributed by atoms with van der Waals surface area (Å²) in [4.78, 5) is 13.0. The summed E-state index contributed by atoms with van der Waals surface area (Å²) in [6.45, 7) is 2.19. The van der Waals surface area contributed by atoms with E-state index >= 15 is 0 Å². The van der Waals surface area contributed by atoms with Crippen LogP contribution in [-0.2, 0) is 18.3 Å². The van der Waals surface area contributed by atoms with E-state index in [1.165, 1.54) is 0 Å². The van der Waals surface area contributed by atoms with Crippen molar-refractivity contribution in [1.82, 2.24) is 24.8 Å². The first-order valence-corrected chi connectivity index (χ1v) is 5.80. The SMILES string of the molecule is COCCNCc1ccnc(-c2nccn2C)n1. The summed E-state index contributed by atoms with van der Waals surface area (Å²) in [5.74, 6) is 1.42. The number of rotatable bonds is 6. The standard InChI is InChI=1S/C12H17N5O/c1-17-7-5-15-12(17)11-14-4-3-10(16-11)9-13-6-8-18-2/h3-5,7,13H,6,8-9H2,1-2H3. The number of ether oxygens (including phenoxy) is 1. The summed E-state index contributed by atoms with van der Waals surface area (Å²) >= 11 is 0. The van der Waals surface area contributed by atoms with E-state index in [1.54, 1.807) is 19.5 Å². The highest BCUT2D eigenvalue weighted by atomic mass is 16.5. The molecule has 0 amide bonds. The Hall–Kier alpha value is -1.79. The molecule has 0 spiro atoms. The third kappa shape index (κ3) is 3.12. The van der Waals surface area contributed by atoms with Crippen LogP contribution in [0.3, 0.4) is 0 Å². The minimum atomic E-state index is 0.647. The highest BCUT2D eigenvalue weighted by Crippen LogP contribution is 2.10. The van der Waals surface area contributed by atoms with Gasteiger partial charge in [0.2, 0.25) is 0 Å². The maximum Gasteiger partial charge on any atom is 0.196 e. The third-order valence-corrected chi connectivity index (χ3v) is 2.52. The van der Waals surface area contributed by atoms with E-state index in [1.807, 2.05) is 23.9 Å². The number of hydrogen-bond donors (Lipinski definition) is 1. The Bertz CT molecular complexity index is 497. The Labute approximate surface area is 106 Å². The van der Waals surface area contributed by atoms with Crippen LogP contribution in [0.2, 0.25) is 0 Å². The molecule has 2 rings (SSSR count). The molecule has 0 aliphatic rings. The zero-order valence-electron chi connectivity index (χ0n) is 10.6. The van der Waals surface area contributed by atoms with Crippen LogP contribution in [0.4, 0.5) is 0 Å². The molecule has 0 bridgehead atoms. The van der Waals surface area contributed by atoms with Crippen molar-refractivity contribution < 1.29 is 4.74 Å². The molecule has 0 radical (unpaired) electrons. The quantitative estimate of drug-likeness (QED) is 0.758. The average molecular weight is 247 g/mol. The van der Waals surface area contributed by atoms with Gasteiger partial charge in [-0.1, -0.05) is 0 Å². The number of methoxy groups -OCH3 is 1. The first-order chi connectivity index (χ1) is 8.81. The summed E-state index contributed by atoms with van der Waals surface area (Å²) in [5, 5.41) is 3.25. The second-order valence-electron chi connectivity index (χ2n) is 3.90. The van der Waals surface area contributed by atoms with Crippen molar-refractivity contribution in [2.45, 2.75) is 6.54 Å². The summed E-state index contributed by atoms with van der Waals surface area (Å²) in [7, 11) is 3.61. The second kappa shape index (κ2) is 6.23. The topological polar surface area (TPSA) is 64.9 Å². The highest BCUT2D eigenvalue weighted by Gasteiger charge is 2.06. The van der Waals surface area contributed by atoms with Crippen molar-refractivity contribution in [2.75, 3.05) is 20.3 Å². The zero-order valence-corrected chi connectivity index (χ0v) is 10.6. The predicted molar refractivity (Wildman–Crippen MR) is 67.8 cm³/mol. The summed E-state index contributed by atoms with van der Waals surface area (Å²) < 4.78 is 6.87. The van der Waals surface area contributed by atoms with E-state index in [4.69, 9.17) is 4.74 Å². The molecule has 0 atom stereocenters. The smallest absolute Gasteiger partial charge is 0.196 e. The highest BCUT2D eigenvalue weighted by molar-refractivity contribution is 5.43. The molecule has 2 aromatic rings. The maximum atomic E-state index is 4.97. The van der Waals surface area contributed by atoms with Crippen LogP contribution in [0.15, 0.2) is 24.7 Å². The van der Waals surface area contributed by atoms with Gasteiger partial charge in [0.1, 0.15) is 0 Å². The first kappa shape index (κ1) is 12.7. The molecule has 0 saturated heterocycles. The van der Waals surface area contributed by atoms with Gasteiger partial charge in [-0.2, -0.15) is 0 Å². The Morgan fingerprint density at radius 1 is 1.33 bits per heavy atom. The van der Waals surface area contributed by atoms with E-state index in [2.05, 4.69) is 20.3 Å². The van der Waals surface area contributed by atoms with Gasteiger partial charge in [0.15, 0.2) is 11.6 Å². The fourth-order valence-electron chi connectivity index (χ4n) is 1.57. The van der Waals surface area contributed by atoms with Gasteiger partial charge < -0.3 is 14.6 Å². The first-order valence-electron chi connectivity index (χ1n) is 5.80. The van der Waals surface area contributed by atoms with E-state index in [0.29, 0.717) is 19.0 Å². The van der Waals surface area contributed by atoms with Gasteiger partial charge in [-0.3, -0.25) is 0 Å². The lowest BCUT2D eigenvalue weighted by molar-refractivity contribution is 0.199. The van der Waals surface area contributed by atoms with E-state index in [0.717, 1.165) is 18.1 Å². The van der Waals surface area contributed by atoms with Crippen LogP contribution in [0.1, 0.15) is 5.69 Å². The van der Waals surface area contributed by atoms with Crippen LogP contribution in [0, 0.1) is 0 Å². The van der Waals surface area contributed by atoms with Crippen LogP contribution in [-0.4, -0.2) is 39.8 Å². The largest absolute Gasteiger partial charge is 0.383 e. The van der Waals surface area contributed by atoms with E-state index in [-0.39, 0.29) is 0 Å². The van der Waals surface area contributed by atoms with E-state index in [9.17, 15) is 0 Å². The van der Waals surface area contributed by atoms with Gasteiger partial charge in [0.05, 0.1) is 12.3 Å². The molecule has 0 fully saturated rings. The molecular formula is C12H17N5O. The Morgan fingerprint density at radius 2 is 2.22 bits per heavy atom. The van der Waals surface area contributed by atoms with Crippen molar-refractivity contribution in [3.8, 4) is 11.6 Å². The van der Waals surface area contributed by atoms with Crippen LogP contribution in [0.5, 0.6) is 0 Å². The molecule has 0 aliphatic carbocycles. The lowest BCUT2D eigenvalue weighted by atomic mass is 10.4. The molecular weight excluding hydrogens is 230 g/mol. The lowest BCUT2D eigenvalue weighted by Gasteiger charge is -2.05. The number of imidazole rings is 1. The summed E-state index contributed by atoms with van der Waals surface area (Å²) in [6.07, 6.45) is 5.37. The monoisotopic (exact) mass is 247 g/mol. The van der Waals surface area contributed by atoms with Gasteiger partial charge in [-0.15, -0.1) is 0 Å². The fraction of sp³-hybridized carbons (Fsp3) is 0.417. The summed E-state index contributed by atoms with van der Waals surface area (Å²) in [5.41, 5.74) is 0.944. The Balaban J connectivity index is 2.04. The van der Waals surface area contributed by atoms with Crippen molar-refractivity contribution >= 4 is 0 Å². The van der Waals surface area contributed by atoms with Crippen molar-refractivity contribution in [3.63, 3.8) is 0 Å². The maximum absolute atomic E-state index is 4.97. The number of nitrogens with zero attached hydrogens (tertiary/aromatic N) is 4. The molecule has 0 aromatic carbocycles. The van der Waals surface area contributed by atoms with Crippen molar-refractivity contribution in [2.24, 2.45) is 7.05 Å². The predicted octanol–water partition coefficient (Wildman–Crippen LogP) is 0.613. The molecule has 2 aromatic heterocycles. The minimum Gasteiger partial charge on any atom is -0.383 e. The van der Waals surface area contributed by atoms with Gasteiger partial charge in [0, 0.05) is 45.8 Å².